The third-order valence-electron chi connectivity index (χ3n) is 3.23. The number of aryl methyl sites for hydroxylation is 1. The molecule has 0 saturated heterocycles. The maximum absolute atomic E-state index is 12.2. The summed E-state index contributed by atoms with van der Waals surface area (Å²) in [5.41, 5.74) is 1.07. The van der Waals surface area contributed by atoms with Gasteiger partial charge in [-0.2, -0.15) is 5.10 Å². The van der Waals surface area contributed by atoms with Crippen molar-refractivity contribution in [3.63, 3.8) is 0 Å². The van der Waals surface area contributed by atoms with Crippen LogP contribution in [0.5, 0.6) is 0 Å². The van der Waals surface area contributed by atoms with Crippen LogP contribution < -0.4 is 5.32 Å². The fourth-order valence-electron chi connectivity index (χ4n) is 2.24. The number of carbonyl (C=O) groups excluding carboxylic acids is 1. The maximum Gasteiger partial charge on any atom is 0.282 e. The number of aromatic nitrogens is 2. The molecule has 3 rings (SSSR count). The molecule has 2 aromatic carbocycles. The molecular formula is C15H12N4O3. The van der Waals surface area contributed by atoms with Gasteiger partial charge in [0, 0.05) is 30.4 Å². The molecule has 0 unspecified atom stereocenters. The first-order valence-electron chi connectivity index (χ1n) is 6.53. The lowest BCUT2D eigenvalue weighted by molar-refractivity contribution is -0.385. The molecule has 0 spiro atoms. The van der Waals surface area contributed by atoms with Gasteiger partial charge in [-0.15, -0.1) is 0 Å². The van der Waals surface area contributed by atoms with Gasteiger partial charge in [-0.25, -0.2) is 0 Å². The van der Waals surface area contributed by atoms with E-state index in [0.717, 1.165) is 10.9 Å². The minimum absolute atomic E-state index is 0.0219. The number of fused-ring (bicyclic) bond motifs is 1. The third kappa shape index (κ3) is 2.51. The van der Waals surface area contributed by atoms with Crippen LogP contribution in [0.25, 0.3) is 10.9 Å². The first-order valence-corrected chi connectivity index (χ1v) is 6.53. The highest BCUT2D eigenvalue weighted by molar-refractivity contribution is 6.07. The molecule has 0 aliphatic carbocycles. The summed E-state index contributed by atoms with van der Waals surface area (Å²) in [6.45, 7) is 0. The molecule has 1 aromatic heterocycles. The van der Waals surface area contributed by atoms with Crippen LogP contribution in [-0.4, -0.2) is 20.6 Å². The molecule has 0 atom stereocenters. The fraction of sp³-hybridized carbons (Fsp3) is 0.0667. The molecule has 0 radical (unpaired) electrons. The first kappa shape index (κ1) is 13.7. The van der Waals surface area contributed by atoms with E-state index in [1.165, 1.54) is 18.2 Å². The molecule has 3 aromatic rings. The predicted molar refractivity (Wildman–Crippen MR) is 81.8 cm³/mol. The summed E-state index contributed by atoms with van der Waals surface area (Å²) < 4.78 is 1.68. The van der Waals surface area contributed by atoms with Crippen LogP contribution in [0.1, 0.15) is 10.4 Å². The van der Waals surface area contributed by atoms with Crippen LogP contribution in [0, 0.1) is 10.1 Å². The van der Waals surface area contributed by atoms with Crippen LogP contribution in [0.4, 0.5) is 11.4 Å². The summed E-state index contributed by atoms with van der Waals surface area (Å²) in [7, 11) is 1.81. The number of amides is 1. The predicted octanol–water partition coefficient (Wildman–Crippen LogP) is 2.73. The molecule has 0 bridgehead atoms. The second kappa shape index (κ2) is 5.28. The van der Waals surface area contributed by atoms with Crippen LogP contribution in [0.15, 0.2) is 48.7 Å². The summed E-state index contributed by atoms with van der Waals surface area (Å²) in [6, 6.07) is 11.1. The quantitative estimate of drug-likeness (QED) is 0.594. The van der Waals surface area contributed by atoms with Crippen molar-refractivity contribution in [3.8, 4) is 0 Å². The Morgan fingerprint density at radius 2 is 2.05 bits per heavy atom. The van der Waals surface area contributed by atoms with Crippen molar-refractivity contribution in [2.45, 2.75) is 0 Å². The normalized spacial score (nSPS) is 10.6. The Hall–Kier alpha value is -3.22. The number of nitrogens with one attached hydrogen (secondary N) is 1. The number of hydrogen-bond donors (Lipinski definition) is 1. The monoisotopic (exact) mass is 296 g/mol. The number of para-hydroxylation sites is 1. The van der Waals surface area contributed by atoms with Crippen molar-refractivity contribution in [1.29, 1.82) is 0 Å². The summed E-state index contributed by atoms with van der Waals surface area (Å²) >= 11 is 0. The Kier molecular flexibility index (Phi) is 3.30. The maximum atomic E-state index is 12.2. The van der Waals surface area contributed by atoms with Crippen LogP contribution >= 0.6 is 0 Å². The highest BCUT2D eigenvalue weighted by atomic mass is 16.6. The molecular weight excluding hydrogens is 284 g/mol. The second-order valence-corrected chi connectivity index (χ2v) is 4.80. The van der Waals surface area contributed by atoms with Crippen molar-refractivity contribution in [3.05, 3.63) is 64.3 Å². The lowest BCUT2D eigenvalue weighted by atomic mass is 10.1. The summed E-state index contributed by atoms with van der Waals surface area (Å²) in [4.78, 5) is 22.6. The van der Waals surface area contributed by atoms with Crippen molar-refractivity contribution in [1.82, 2.24) is 9.78 Å². The molecule has 1 heterocycles. The topological polar surface area (TPSA) is 90.1 Å². The number of nitrogens with zero attached hydrogens (tertiary/aromatic N) is 3. The zero-order valence-electron chi connectivity index (χ0n) is 11.7. The van der Waals surface area contributed by atoms with Gasteiger partial charge in [0.05, 0.1) is 10.4 Å². The number of rotatable bonds is 3. The van der Waals surface area contributed by atoms with Gasteiger partial charge in [0.2, 0.25) is 0 Å². The minimum Gasteiger partial charge on any atom is -0.322 e. The van der Waals surface area contributed by atoms with Gasteiger partial charge in [-0.05, 0) is 24.3 Å². The van der Waals surface area contributed by atoms with E-state index in [1.54, 1.807) is 22.9 Å². The van der Waals surface area contributed by atoms with Crippen molar-refractivity contribution >= 4 is 28.2 Å². The van der Waals surface area contributed by atoms with Crippen molar-refractivity contribution in [2.24, 2.45) is 7.05 Å². The Balaban J connectivity index is 1.91. The van der Waals surface area contributed by atoms with Gasteiger partial charge in [-0.1, -0.05) is 12.1 Å². The number of carbonyl (C=O) groups is 1. The lowest BCUT2D eigenvalue weighted by Crippen LogP contribution is -2.13. The van der Waals surface area contributed by atoms with Crippen LogP contribution in [0.2, 0.25) is 0 Å². The SMILES string of the molecule is Cn1cc2ccc(NC(=O)c3ccccc3[N+](=O)[O-])cc2n1. The van der Waals surface area contributed by atoms with Gasteiger partial charge in [0.15, 0.2) is 0 Å². The lowest BCUT2D eigenvalue weighted by Gasteiger charge is -2.05. The highest BCUT2D eigenvalue weighted by Gasteiger charge is 2.19. The fourth-order valence-corrected chi connectivity index (χ4v) is 2.24. The van der Waals surface area contributed by atoms with Gasteiger partial charge in [-0.3, -0.25) is 19.6 Å². The Labute approximate surface area is 125 Å². The smallest absolute Gasteiger partial charge is 0.282 e. The number of nitro groups is 1. The summed E-state index contributed by atoms with van der Waals surface area (Å²) in [5, 5.41) is 18.8. The zero-order chi connectivity index (χ0) is 15.7. The molecule has 7 nitrogen and oxygen atoms in total. The Morgan fingerprint density at radius 3 is 2.82 bits per heavy atom. The van der Waals surface area contributed by atoms with Gasteiger partial charge >= 0.3 is 0 Å². The number of anilines is 1. The van der Waals surface area contributed by atoms with E-state index in [0.29, 0.717) is 5.69 Å². The van der Waals surface area contributed by atoms with Crippen molar-refractivity contribution in [2.75, 3.05) is 5.32 Å². The molecule has 1 amide bonds. The van der Waals surface area contributed by atoms with Crippen molar-refractivity contribution < 1.29 is 9.72 Å². The summed E-state index contributed by atoms with van der Waals surface area (Å²) in [6.07, 6.45) is 1.86. The van der Waals surface area contributed by atoms with Gasteiger partial charge in [0.1, 0.15) is 5.56 Å². The minimum atomic E-state index is -0.573. The van der Waals surface area contributed by atoms with E-state index in [9.17, 15) is 14.9 Å². The van der Waals surface area contributed by atoms with E-state index in [2.05, 4.69) is 10.4 Å². The van der Waals surface area contributed by atoms with Gasteiger partial charge < -0.3 is 5.32 Å². The van der Waals surface area contributed by atoms with E-state index in [-0.39, 0.29) is 11.3 Å². The third-order valence-corrected chi connectivity index (χ3v) is 3.23. The second-order valence-electron chi connectivity index (χ2n) is 4.80. The molecule has 0 aliphatic rings. The molecule has 7 heteroatoms. The summed E-state index contributed by atoms with van der Waals surface area (Å²) in [5.74, 6) is -0.525. The van der Waals surface area contributed by atoms with E-state index < -0.39 is 10.8 Å². The van der Waals surface area contributed by atoms with Crippen LogP contribution in [-0.2, 0) is 7.05 Å². The zero-order valence-corrected chi connectivity index (χ0v) is 11.7. The Bertz CT molecular complexity index is 885. The number of nitro benzene ring substituents is 1. The highest BCUT2D eigenvalue weighted by Crippen LogP contribution is 2.21. The van der Waals surface area contributed by atoms with Gasteiger partial charge in [0.25, 0.3) is 11.6 Å². The Morgan fingerprint density at radius 1 is 1.27 bits per heavy atom. The largest absolute Gasteiger partial charge is 0.322 e. The number of hydrogen-bond acceptors (Lipinski definition) is 4. The molecule has 0 saturated carbocycles. The molecule has 22 heavy (non-hydrogen) atoms. The van der Waals surface area contributed by atoms with E-state index in [4.69, 9.17) is 0 Å². The average Bonchev–Trinajstić information content (AvgIpc) is 2.86. The molecule has 1 N–H and O–H groups in total. The molecule has 110 valence electrons. The van der Waals surface area contributed by atoms with E-state index in [1.807, 2.05) is 19.3 Å². The number of benzene rings is 2. The molecule has 0 fully saturated rings. The first-order chi connectivity index (χ1) is 10.5. The average molecular weight is 296 g/mol. The van der Waals surface area contributed by atoms with Crippen LogP contribution in [0.3, 0.4) is 0 Å². The van der Waals surface area contributed by atoms with E-state index >= 15 is 0 Å². The molecule has 0 aliphatic heterocycles. The standard InChI is InChI=1S/C15H12N4O3/c1-18-9-10-6-7-11(8-13(10)17-18)16-15(20)12-4-2-3-5-14(12)19(21)22/h2-9H,1H3,(H,16,20).